The minimum absolute atomic E-state index is 0.0547. The molecule has 0 radical (unpaired) electrons. The summed E-state index contributed by atoms with van der Waals surface area (Å²) >= 11 is 0. The Morgan fingerprint density at radius 3 is 2.09 bits per heavy atom. The molecule has 1 fully saturated rings. The third-order valence-corrected chi connectivity index (χ3v) is 6.76. The highest BCUT2D eigenvalue weighted by Crippen LogP contribution is 2.54. The van der Waals surface area contributed by atoms with Gasteiger partial charge in [-0.3, -0.25) is 10.1 Å². The molecular formula is C28H27NO3. The molecule has 3 atom stereocenters. The topological polar surface area (TPSA) is 58.6 Å². The molecular weight excluding hydrogens is 398 g/mol. The maximum absolute atomic E-state index is 13.7. The Bertz CT molecular complexity index is 1050. The zero-order valence-corrected chi connectivity index (χ0v) is 17.8. The molecule has 0 amide bonds. The monoisotopic (exact) mass is 425 g/mol. The van der Waals surface area contributed by atoms with Crippen LogP contribution in [0.2, 0.25) is 0 Å². The van der Waals surface area contributed by atoms with Crippen molar-refractivity contribution in [3.05, 3.63) is 113 Å². The van der Waals surface area contributed by atoms with Gasteiger partial charge in [0.15, 0.2) is 0 Å². The van der Waals surface area contributed by atoms with Gasteiger partial charge in [0, 0.05) is 24.3 Å². The number of nitrogens with one attached hydrogen (secondary N) is 1. The van der Waals surface area contributed by atoms with E-state index in [2.05, 4.69) is 47.8 Å². The third-order valence-electron chi connectivity index (χ3n) is 6.76. The Morgan fingerprint density at radius 1 is 0.875 bits per heavy atom. The van der Waals surface area contributed by atoms with Gasteiger partial charge in [0.25, 0.3) is 0 Å². The number of fused-ring (bicyclic) bond motifs is 1. The highest BCUT2D eigenvalue weighted by molar-refractivity contribution is 5.78. The molecule has 32 heavy (non-hydrogen) atoms. The first kappa shape index (κ1) is 20.7. The maximum atomic E-state index is 13.7. The first-order valence-corrected chi connectivity index (χ1v) is 11.2. The molecule has 0 heterocycles. The van der Waals surface area contributed by atoms with E-state index in [4.69, 9.17) is 4.74 Å². The predicted octanol–water partition coefficient (Wildman–Crippen LogP) is 4.79. The van der Waals surface area contributed by atoms with E-state index >= 15 is 0 Å². The standard InChI is InChI=1S/C28H27NO3/c30-18-29-27-24(20-11-3-1-4-12-20)26(25(27)21-13-5-2-6-14-21)28(31)32-23-17-9-15-19-10-7-8-16-22(19)23/h1-16,23-27,29-30H,17-18H2. The lowest BCUT2D eigenvalue weighted by Crippen LogP contribution is -2.58. The molecule has 4 heteroatoms. The molecule has 3 aromatic carbocycles. The van der Waals surface area contributed by atoms with Gasteiger partial charge in [0.05, 0.1) is 12.6 Å². The lowest BCUT2D eigenvalue weighted by Gasteiger charge is -2.51. The predicted molar refractivity (Wildman–Crippen MR) is 125 cm³/mol. The maximum Gasteiger partial charge on any atom is 0.310 e. The molecule has 3 aromatic rings. The number of carbonyl (C=O) groups is 1. The second kappa shape index (κ2) is 9.11. The van der Waals surface area contributed by atoms with Gasteiger partial charge in [-0.15, -0.1) is 0 Å². The zero-order chi connectivity index (χ0) is 21.9. The highest BCUT2D eigenvalue weighted by Gasteiger charge is 2.56. The van der Waals surface area contributed by atoms with Crippen LogP contribution >= 0.6 is 0 Å². The lowest BCUT2D eigenvalue weighted by molar-refractivity contribution is -0.161. The van der Waals surface area contributed by atoms with E-state index in [1.54, 1.807) is 0 Å². The number of aliphatic hydroxyl groups is 1. The fourth-order valence-corrected chi connectivity index (χ4v) is 5.31. The van der Waals surface area contributed by atoms with Gasteiger partial charge in [-0.05, 0) is 22.3 Å². The van der Waals surface area contributed by atoms with Crippen LogP contribution in [0.4, 0.5) is 0 Å². The Kier molecular flexibility index (Phi) is 5.89. The molecule has 0 saturated heterocycles. The van der Waals surface area contributed by atoms with Crippen LogP contribution in [0.5, 0.6) is 0 Å². The van der Waals surface area contributed by atoms with Crippen molar-refractivity contribution in [2.45, 2.75) is 30.4 Å². The van der Waals surface area contributed by atoms with Gasteiger partial charge >= 0.3 is 5.97 Å². The minimum Gasteiger partial charge on any atom is -0.457 e. The number of ether oxygens (including phenoxy) is 1. The van der Waals surface area contributed by atoms with Gasteiger partial charge in [-0.25, -0.2) is 0 Å². The van der Waals surface area contributed by atoms with Crippen LogP contribution in [0.1, 0.15) is 46.6 Å². The largest absolute Gasteiger partial charge is 0.457 e. The summed E-state index contributed by atoms with van der Waals surface area (Å²) in [6, 6.07) is 28.2. The average Bonchev–Trinajstić information content (AvgIpc) is 2.83. The molecule has 0 aromatic heterocycles. The summed E-state index contributed by atoms with van der Waals surface area (Å²) in [5, 5.41) is 12.9. The van der Waals surface area contributed by atoms with Gasteiger partial charge in [0.2, 0.25) is 0 Å². The van der Waals surface area contributed by atoms with Gasteiger partial charge in [-0.1, -0.05) is 97.1 Å². The second-order valence-corrected chi connectivity index (χ2v) is 8.48. The van der Waals surface area contributed by atoms with Gasteiger partial charge < -0.3 is 9.84 Å². The van der Waals surface area contributed by atoms with Crippen molar-refractivity contribution in [3.8, 4) is 0 Å². The van der Waals surface area contributed by atoms with Crippen LogP contribution in [0.25, 0.3) is 6.08 Å². The number of rotatable bonds is 6. The van der Waals surface area contributed by atoms with Crippen LogP contribution < -0.4 is 5.32 Å². The summed E-state index contributed by atoms with van der Waals surface area (Å²) in [4.78, 5) is 13.7. The second-order valence-electron chi connectivity index (χ2n) is 8.48. The Hall–Kier alpha value is -3.21. The van der Waals surface area contributed by atoms with Crippen molar-refractivity contribution in [3.63, 3.8) is 0 Å². The number of esters is 1. The fourth-order valence-electron chi connectivity index (χ4n) is 5.31. The Morgan fingerprint density at radius 2 is 1.47 bits per heavy atom. The molecule has 2 aliphatic carbocycles. The van der Waals surface area contributed by atoms with E-state index in [9.17, 15) is 9.90 Å². The van der Waals surface area contributed by atoms with E-state index in [-0.39, 0.29) is 42.6 Å². The lowest BCUT2D eigenvalue weighted by atomic mass is 9.56. The molecule has 0 spiro atoms. The quantitative estimate of drug-likeness (QED) is 0.440. The van der Waals surface area contributed by atoms with Gasteiger partial charge in [-0.2, -0.15) is 0 Å². The van der Waals surface area contributed by atoms with E-state index in [0.717, 1.165) is 22.3 Å². The summed E-state index contributed by atoms with van der Waals surface area (Å²) in [6.45, 7) is -0.139. The summed E-state index contributed by atoms with van der Waals surface area (Å²) in [5.74, 6) is -0.661. The summed E-state index contributed by atoms with van der Waals surface area (Å²) in [5.41, 5.74) is 4.32. The summed E-state index contributed by atoms with van der Waals surface area (Å²) < 4.78 is 6.17. The first-order valence-electron chi connectivity index (χ1n) is 11.2. The number of carbonyl (C=O) groups excluding carboxylic acids is 1. The summed E-state index contributed by atoms with van der Waals surface area (Å²) in [6.07, 6.45) is 4.56. The van der Waals surface area contributed by atoms with Crippen LogP contribution in [-0.4, -0.2) is 23.8 Å². The number of benzene rings is 3. The number of hydrogen-bond donors (Lipinski definition) is 2. The van der Waals surface area contributed by atoms with E-state index < -0.39 is 0 Å². The molecule has 1 saturated carbocycles. The van der Waals surface area contributed by atoms with Gasteiger partial charge in [0.1, 0.15) is 6.10 Å². The molecule has 5 rings (SSSR count). The van der Waals surface area contributed by atoms with Crippen molar-refractivity contribution in [2.24, 2.45) is 5.92 Å². The average molecular weight is 426 g/mol. The highest BCUT2D eigenvalue weighted by atomic mass is 16.5. The SMILES string of the molecule is O=C(OC1CC=Cc2ccccc21)C1C(c2ccccc2)C(NCO)C1c1ccccc1. The van der Waals surface area contributed by atoms with Crippen molar-refractivity contribution in [1.29, 1.82) is 0 Å². The minimum atomic E-state index is -0.332. The number of hydrogen-bond acceptors (Lipinski definition) is 4. The molecule has 0 bridgehead atoms. The molecule has 162 valence electrons. The van der Waals surface area contributed by atoms with Crippen LogP contribution in [0, 0.1) is 5.92 Å². The van der Waals surface area contributed by atoms with Crippen molar-refractivity contribution in [1.82, 2.24) is 5.32 Å². The van der Waals surface area contributed by atoms with Crippen LogP contribution in [0.15, 0.2) is 91.0 Å². The Balaban J connectivity index is 1.48. The molecule has 0 aliphatic heterocycles. The molecule has 2 N–H and O–H groups in total. The first-order chi connectivity index (χ1) is 15.8. The van der Waals surface area contributed by atoms with Crippen molar-refractivity contribution in [2.75, 3.05) is 6.73 Å². The molecule has 4 nitrogen and oxygen atoms in total. The Labute approximate surface area is 188 Å². The van der Waals surface area contributed by atoms with E-state index in [1.807, 2.05) is 54.6 Å². The third kappa shape index (κ3) is 3.77. The summed E-state index contributed by atoms with van der Waals surface area (Å²) in [7, 11) is 0. The van der Waals surface area contributed by atoms with Crippen LogP contribution in [0.3, 0.4) is 0 Å². The van der Waals surface area contributed by atoms with Crippen LogP contribution in [-0.2, 0) is 9.53 Å². The fraction of sp³-hybridized carbons (Fsp3) is 0.250. The van der Waals surface area contributed by atoms with E-state index in [1.165, 1.54) is 0 Å². The van der Waals surface area contributed by atoms with E-state index in [0.29, 0.717) is 6.42 Å². The normalized spacial score (nSPS) is 26.1. The number of aliphatic hydroxyl groups excluding tert-OH is 1. The van der Waals surface area contributed by atoms with Crippen molar-refractivity contribution >= 4 is 12.0 Å². The molecule has 3 unspecified atom stereocenters. The smallest absolute Gasteiger partial charge is 0.310 e. The van der Waals surface area contributed by atoms with Crippen molar-refractivity contribution < 1.29 is 14.6 Å². The molecule has 2 aliphatic rings. The zero-order valence-electron chi connectivity index (χ0n) is 17.8.